The average Bonchev–Trinajstić information content (AvgIpc) is 2.40. The normalized spacial score (nSPS) is 14.7. The molecule has 0 amide bonds. The van der Waals surface area contributed by atoms with E-state index in [4.69, 9.17) is 4.74 Å². The van der Waals surface area contributed by atoms with Gasteiger partial charge in [0.1, 0.15) is 6.61 Å². The fourth-order valence-electron chi connectivity index (χ4n) is 1.98. The first-order valence-electron chi connectivity index (χ1n) is 6.30. The van der Waals surface area contributed by atoms with Crippen molar-refractivity contribution in [3.63, 3.8) is 0 Å². The van der Waals surface area contributed by atoms with Crippen LogP contribution in [0, 0.1) is 0 Å². The zero-order valence-corrected chi connectivity index (χ0v) is 10.7. The zero-order chi connectivity index (χ0) is 12.8. The van der Waals surface area contributed by atoms with Crippen LogP contribution < -0.4 is 0 Å². The molecule has 1 aliphatic carbocycles. The summed E-state index contributed by atoms with van der Waals surface area (Å²) in [5.41, 5.74) is 3.43. The summed E-state index contributed by atoms with van der Waals surface area (Å²) in [6.45, 7) is 2.44. The van der Waals surface area contributed by atoms with Crippen LogP contribution in [0.25, 0.3) is 0 Å². The van der Waals surface area contributed by atoms with Crippen LogP contribution in [-0.4, -0.2) is 5.97 Å². The molecule has 0 unspecified atom stereocenters. The molecule has 0 aliphatic heterocycles. The first kappa shape index (κ1) is 12.6. The number of ether oxygens (including phenoxy) is 1. The molecular weight excluding hydrogens is 224 g/mol. The minimum atomic E-state index is -0.153. The maximum atomic E-state index is 11.7. The lowest BCUT2D eigenvalue weighted by molar-refractivity contribution is -0.144. The molecule has 0 atom stereocenters. The summed E-state index contributed by atoms with van der Waals surface area (Å²) in [7, 11) is 0. The smallest absolute Gasteiger partial charge is 0.310 e. The van der Waals surface area contributed by atoms with E-state index < -0.39 is 0 Å². The van der Waals surface area contributed by atoms with Gasteiger partial charge >= 0.3 is 5.97 Å². The molecule has 2 rings (SSSR count). The Morgan fingerprint density at radius 1 is 1.28 bits per heavy atom. The van der Waals surface area contributed by atoms with Crippen molar-refractivity contribution in [2.75, 3.05) is 0 Å². The van der Waals surface area contributed by atoms with Crippen LogP contribution in [0.2, 0.25) is 0 Å². The molecule has 18 heavy (non-hydrogen) atoms. The topological polar surface area (TPSA) is 26.3 Å². The molecule has 2 nitrogen and oxygen atoms in total. The van der Waals surface area contributed by atoms with Crippen molar-refractivity contribution in [3.05, 3.63) is 59.2 Å². The Hall–Kier alpha value is -1.83. The molecule has 0 spiro atoms. The number of carbonyl (C=O) groups excluding carboxylic acids is 1. The molecular formula is C16H18O2. The maximum Gasteiger partial charge on any atom is 0.310 e. The third-order valence-electron chi connectivity index (χ3n) is 3.13. The Labute approximate surface area is 108 Å². The van der Waals surface area contributed by atoms with E-state index in [0.717, 1.165) is 24.0 Å². The lowest BCUT2D eigenvalue weighted by Gasteiger charge is -2.12. The number of benzene rings is 1. The minimum Gasteiger partial charge on any atom is -0.461 e. The van der Waals surface area contributed by atoms with Crippen molar-refractivity contribution in [3.8, 4) is 0 Å². The largest absolute Gasteiger partial charge is 0.461 e. The molecule has 0 aromatic heterocycles. The van der Waals surface area contributed by atoms with Gasteiger partial charge in [0.25, 0.3) is 0 Å². The van der Waals surface area contributed by atoms with Crippen molar-refractivity contribution in [2.24, 2.45) is 0 Å². The highest BCUT2D eigenvalue weighted by atomic mass is 16.5. The molecule has 1 aromatic rings. The Balaban J connectivity index is 1.84. The maximum absolute atomic E-state index is 11.7. The lowest BCUT2D eigenvalue weighted by atomic mass is 9.97. The molecule has 1 aliphatic rings. The summed E-state index contributed by atoms with van der Waals surface area (Å²) < 4.78 is 5.27. The molecule has 0 heterocycles. The van der Waals surface area contributed by atoms with Crippen molar-refractivity contribution >= 4 is 5.97 Å². The number of esters is 1. The average molecular weight is 242 g/mol. The predicted octanol–water partition coefficient (Wildman–Crippen LogP) is 3.79. The van der Waals surface area contributed by atoms with E-state index in [1.54, 1.807) is 0 Å². The van der Waals surface area contributed by atoms with E-state index in [9.17, 15) is 4.79 Å². The quantitative estimate of drug-likeness (QED) is 0.751. The van der Waals surface area contributed by atoms with Gasteiger partial charge < -0.3 is 4.74 Å². The highest BCUT2D eigenvalue weighted by Crippen LogP contribution is 2.21. The third kappa shape index (κ3) is 3.59. The van der Waals surface area contributed by atoms with E-state index in [1.165, 1.54) is 5.57 Å². The predicted molar refractivity (Wildman–Crippen MR) is 71.9 cm³/mol. The number of hydrogen-bond donors (Lipinski definition) is 0. The Morgan fingerprint density at radius 2 is 2.06 bits per heavy atom. The first-order valence-corrected chi connectivity index (χ1v) is 6.30. The van der Waals surface area contributed by atoms with E-state index in [1.807, 2.05) is 36.4 Å². The second-order valence-electron chi connectivity index (χ2n) is 4.57. The Bertz CT molecular complexity index is 469. The molecule has 0 radical (unpaired) electrons. The number of hydrogen-bond acceptors (Lipinski definition) is 2. The van der Waals surface area contributed by atoms with E-state index in [2.05, 4.69) is 13.0 Å². The van der Waals surface area contributed by atoms with E-state index >= 15 is 0 Å². The second kappa shape index (κ2) is 6.20. The van der Waals surface area contributed by atoms with Crippen molar-refractivity contribution in [2.45, 2.75) is 32.8 Å². The van der Waals surface area contributed by atoms with Crippen LogP contribution in [-0.2, 0) is 16.1 Å². The van der Waals surface area contributed by atoms with Crippen LogP contribution >= 0.6 is 0 Å². The van der Waals surface area contributed by atoms with Crippen LogP contribution in [0.15, 0.2) is 53.6 Å². The molecule has 0 saturated heterocycles. The molecule has 94 valence electrons. The van der Waals surface area contributed by atoms with Gasteiger partial charge in [0.05, 0.1) is 6.42 Å². The van der Waals surface area contributed by atoms with Gasteiger partial charge in [-0.3, -0.25) is 4.79 Å². The van der Waals surface area contributed by atoms with Gasteiger partial charge in [-0.25, -0.2) is 0 Å². The Kier molecular flexibility index (Phi) is 4.35. The van der Waals surface area contributed by atoms with E-state index in [0.29, 0.717) is 13.0 Å². The van der Waals surface area contributed by atoms with Crippen molar-refractivity contribution in [1.29, 1.82) is 0 Å². The van der Waals surface area contributed by atoms with Gasteiger partial charge in [-0.05, 0) is 30.9 Å². The number of rotatable bonds is 4. The molecule has 2 heteroatoms. The van der Waals surface area contributed by atoms with Crippen LogP contribution in [0.1, 0.15) is 31.7 Å². The first-order chi connectivity index (χ1) is 8.75. The number of carbonyl (C=O) groups is 1. The van der Waals surface area contributed by atoms with Gasteiger partial charge in [0.2, 0.25) is 0 Å². The van der Waals surface area contributed by atoms with Gasteiger partial charge in [-0.15, -0.1) is 0 Å². The molecule has 0 saturated carbocycles. The molecule has 0 fully saturated rings. The SMILES string of the molecule is CC1=C(CC(=O)OCc2ccccc2)C=CCC1. The second-order valence-corrected chi connectivity index (χ2v) is 4.57. The van der Waals surface area contributed by atoms with Gasteiger partial charge in [0.15, 0.2) is 0 Å². The highest BCUT2D eigenvalue weighted by Gasteiger charge is 2.10. The van der Waals surface area contributed by atoms with Crippen LogP contribution in [0.4, 0.5) is 0 Å². The summed E-state index contributed by atoms with van der Waals surface area (Å²) >= 11 is 0. The Morgan fingerprint density at radius 3 is 2.78 bits per heavy atom. The van der Waals surface area contributed by atoms with Gasteiger partial charge in [-0.1, -0.05) is 48.1 Å². The number of allylic oxidation sites excluding steroid dienone is 3. The summed E-state index contributed by atoms with van der Waals surface area (Å²) in [5, 5.41) is 0. The molecule has 0 N–H and O–H groups in total. The van der Waals surface area contributed by atoms with Gasteiger partial charge in [0, 0.05) is 0 Å². The fraction of sp³-hybridized carbons (Fsp3) is 0.312. The fourth-order valence-corrected chi connectivity index (χ4v) is 1.98. The third-order valence-corrected chi connectivity index (χ3v) is 3.13. The summed E-state index contributed by atoms with van der Waals surface area (Å²) in [4.78, 5) is 11.7. The van der Waals surface area contributed by atoms with Crippen molar-refractivity contribution < 1.29 is 9.53 Å². The molecule has 1 aromatic carbocycles. The van der Waals surface area contributed by atoms with Crippen LogP contribution in [0.5, 0.6) is 0 Å². The summed E-state index contributed by atoms with van der Waals surface area (Å²) in [6.07, 6.45) is 6.68. The summed E-state index contributed by atoms with van der Waals surface area (Å²) in [5.74, 6) is -0.153. The summed E-state index contributed by atoms with van der Waals surface area (Å²) in [6, 6.07) is 9.75. The van der Waals surface area contributed by atoms with Gasteiger partial charge in [-0.2, -0.15) is 0 Å². The minimum absolute atomic E-state index is 0.153. The van der Waals surface area contributed by atoms with E-state index in [-0.39, 0.29) is 5.97 Å². The lowest BCUT2D eigenvalue weighted by Crippen LogP contribution is -2.07. The molecule has 0 bridgehead atoms. The monoisotopic (exact) mass is 242 g/mol. The van der Waals surface area contributed by atoms with Crippen LogP contribution in [0.3, 0.4) is 0 Å². The standard InChI is InChI=1S/C16H18O2/c1-13-7-5-6-10-15(13)11-16(17)18-12-14-8-3-2-4-9-14/h2-4,6,8-10H,5,7,11-12H2,1H3. The zero-order valence-electron chi connectivity index (χ0n) is 10.7. The van der Waals surface area contributed by atoms with Crippen molar-refractivity contribution in [1.82, 2.24) is 0 Å². The highest BCUT2D eigenvalue weighted by molar-refractivity contribution is 5.73.